The van der Waals surface area contributed by atoms with Crippen LogP contribution < -0.4 is 15.1 Å². The first-order chi connectivity index (χ1) is 14.1. The number of amides is 2. The predicted molar refractivity (Wildman–Crippen MR) is 104 cm³/mol. The fourth-order valence-electron chi connectivity index (χ4n) is 3.37. The zero-order chi connectivity index (χ0) is 20.2. The molecule has 1 N–H and O–H groups in total. The van der Waals surface area contributed by atoms with E-state index < -0.39 is 17.7 Å². The van der Waals surface area contributed by atoms with Crippen molar-refractivity contribution in [2.75, 3.05) is 67.6 Å². The summed E-state index contributed by atoms with van der Waals surface area (Å²) in [5.74, 6) is 0.102. The summed E-state index contributed by atoms with van der Waals surface area (Å²) in [6, 6.07) is 6.53. The van der Waals surface area contributed by atoms with Crippen LogP contribution in [0.3, 0.4) is 0 Å². The summed E-state index contributed by atoms with van der Waals surface area (Å²) in [4.78, 5) is 18.1. The summed E-state index contributed by atoms with van der Waals surface area (Å²) in [7, 11) is 0. The van der Waals surface area contributed by atoms with Gasteiger partial charge in [-0.05, 0) is 24.3 Å². The normalized spacial score (nSPS) is 17.4. The third-order valence-electron chi connectivity index (χ3n) is 5.04. The molecule has 0 radical (unpaired) electrons. The van der Waals surface area contributed by atoms with Crippen molar-refractivity contribution in [2.24, 2.45) is 0 Å². The summed E-state index contributed by atoms with van der Waals surface area (Å²) in [6.07, 6.45) is 0. The van der Waals surface area contributed by atoms with E-state index in [0.29, 0.717) is 39.4 Å². The van der Waals surface area contributed by atoms with Crippen molar-refractivity contribution >= 4 is 23.4 Å². The monoisotopic (exact) mass is 404 g/mol. The lowest BCUT2D eigenvalue weighted by Gasteiger charge is -2.35. The number of ether oxygens (including phenoxy) is 1. The van der Waals surface area contributed by atoms with Crippen LogP contribution in [0.4, 0.5) is 30.9 Å². The fraction of sp³-hybridized carbons (Fsp3) is 0.421. The first-order valence-corrected chi connectivity index (χ1v) is 9.52. The molecule has 1 aromatic heterocycles. The molecule has 0 spiro atoms. The maximum absolute atomic E-state index is 13.7. The van der Waals surface area contributed by atoms with Crippen LogP contribution >= 0.6 is 0 Å². The smallest absolute Gasteiger partial charge is 0.322 e. The molecule has 2 fully saturated rings. The number of urea groups is 1. The van der Waals surface area contributed by atoms with Crippen LogP contribution in [0.15, 0.2) is 30.3 Å². The fourth-order valence-corrected chi connectivity index (χ4v) is 3.37. The summed E-state index contributed by atoms with van der Waals surface area (Å²) < 4.78 is 32.1. The summed E-state index contributed by atoms with van der Waals surface area (Å²) in [5, 5.41) is 11.1. The molecule has 8 nitrogen and oxygen atoms in total. The van der Waals surface area contributed by atoms with E-state index in [9.17, 15) is 13.6 Å². The molecule has 2 amide bonds. The number of carbonyl (C=O) groups excluding carboxylic acids is 1. The highest BCUT2D eigenvalue weighted by atomic mass is 19.1. The largest absolute Gasteiger partial charge is 0.378 e. The second-order valence-corrected chi connectivity index (χ2v) is 6.88. The number of aromatic nitrogens is 2. The van der Waals surface area contributed by atoms with Crippen LogP contribution in [0.25, 0.3) is 0 Å². The van der Waals surface area contributed by atoms with E-state index in [4.69, 9.17) is 4.74 Å². The number of rotatable bonds is 3. The molecule has 29 heavy (non-hydrogen) atoms. The number of hydrogen-bond acceptors (Lipinski definition) is 6. The number of halogens is 2. The van der Waals surface area contributed by atoms with Crippen LogP contribution in [0.1, 0.15) is 0 Å². The van der Waals surface area contributed by atoms with Gasteiger partial charge in [-0.1, -0.05) is 0 Å². The van der Waals surface area contributed by atoms with Crippen LogP contribution in [-0.2, 0) is 4.74 Å². The molecule has 0 bridgehead atoms. The molecule has 3 heterocycles. The lowest BCUT2D eigenvalue weighted by molar-refractivity contribution is 0.122. The number of morpholine rings is 1. The van der Waals surface area contributed by atoms with Crippen LogP contribution in [0.5, 0.6) is 0 Å². The number of piperazine rings is 1. The first-order valence-electron chi connectivity index (χ1n) is 9.52. The van der Waals surface area contributed by atoms with Crippen molar-refractivity contribution < 1.29 is 18.3 Å². The van der Waals surface area contributed by atoms with E-state index in [0.717, 1.165) is 36.9 Å². The summed E-state index contributed by atoms with van der Waals surface area (Å²) in [6.45, 7) is 5.08. The number of hydrogen-bond donors (Lipinski definition) is 1. The van der Waals surface area contributed by atoms with Gasteiger partial charge in [0.1, 0.15) is 11.6 Å². The molecule has 1 aromatic carbocycles. The Bertz CT molecular complexity index is 852. The minimum atomic E-state index is -0.799. The average molecular weight is 404 g/mol. The van der Waals surface area contributed by atoms with Crippen molar-refractivity contribution in [1.29, 1.82) is 0 Å². The molecule has 4 rings (SSSR count). The lowest BCUT2D eigenvalue weighted by atomic mass is 10.3. The van der Waals surface area contributed by atoms with Gasteiger partial charge in [0.2, 0.25) is 0 Å². The van der Waals surface area contributed by atoms with E-state index in [1.165, 1.54) is 6.07 Å². The Balaban J connectivity index is 1.31. The van der Waals surface area contributed by atoms with Gasteiger partial charge >= 0.3 is 6.03 Å². The van der Waals surface area contributed by atoms with Crippen LogP contribution in [-0.4, -0.2) is 73.6 Å². The average Bonchev–Trinajstić information content (AvgIpc) is 2.76. The van der Waals surface area contributed by atoms with Gasteiger partial charge in [-0.25, -0.2) is 13.6 Å². The molecule has 2 saturated heterocycles. The van der Waals surface area contributed by atoms with E-state index in [-0.39, 0.29) is 5.69 Å². The summed E-state index contributed by atoms with van der Waals surface area (Å²) in [5.41, 5.74) is -0.0385. The minimum absolute atomic E-state index is 0.0385. The molecule has 0 unspecified atom stereocenters. The van der Waals surface area contributed by atoms with Gasteiger partial charge < -0.3 is 24.8 Å². The van der Waals surface area contributed by atoms with Gasteiger partial charge in [-0.2, -0.15) is 0 Å². The predicted octanol–water partition coefficient (Wildman–Crippen LogP) is 1.95. The quantitative estimate of drug-likeness (QED) is 0.843. The molecule has 0 saturated carbocycles. The first kappa shape index (κ1) is 19.3. The number of nitrogens with one attached hydrogen (secondary N) is 1. The molecule has 2 aromatic rings. The number of nitrogens with zero attached hydrogens (tertiary/aromatic N) is 5. The maximum atomic E-state index is 13.7. The zero-order valence-corrected chi connectivity index (χ0v) is 15.9. The molecule has 154 valence electrons. The number of benzene rings is 1. The number of anilines is 3. The molecule has 10 heteroatoms. The molecule has 2 aliphatic heterocycles. The molecule has 0 aliphatic carbocycles. The van der Waals surface area contributed by atoms with E-state index in [1.807, 2.05) is 12.1 Å². The van der Waals surface area contributed by atoms with Crippen molar-refractivity contribution in [3.05, 3.63) is 42.0 Å². The Morgan fingerprint density at radius 3 is 2.10 bits per heavy atom. The summed E-state index contributed by atoms with van der Waals surface area (Å²) >= 11 is 0. The molecular weight excluding hydrogens is 382 g/mol. The van der Waals surface area contributed by atoms with Crippen molar-refractivity contribution in [3.63, 3.8) is 0 Å². The second kappa shape index (κ2) is 8.56. The zero-order valence-electron chi connectivity index (χ0n) is 15.9. The van der Waals surface area contributed by atoms with E-state index in [1.54, 1.807) is 4.90 Å². The van der Waals surface area contributed by atoms with Crippen LogP contribution in [0.2, 0.25) is 0 Å². The Morgan fingerprint density at radius 2 is 1.52 bits per heavy atom. The van der Waals surface area contributed by atoms with Gasteiger partial charge in [-0.3, -0.25) is 0 Å². The third-order valence-corrected chi connectivity index (χ3v) is 5.04. The minimum Gasteiger partial charge on any atom is -0.378 e. The standard InChI is InChI=1S/C19H22F2N6O2/c20-14-1-2-16(15(21)13-14)22-19(28)27-7-5-25(6-8-27)17-3-4-18(24-23-17)26-9-11-29-12-10-26/h1-4,13H,5-12H2,(H,22,28). The number of carbonyl (C=O) groups is 1. The second-order valence-electron chi connectivity index (χ2n) is 6.88. The van der Waals surface area contributed by atoms with Gasteiger partial charge in [0.05, 0.1) is 18.9 Å². The van der Waals surface area contributed by atoms with E-state index in [2.05, 4.69) is 25.3 Å². The highest BCUT2D eigenvalue weighted by Crippen LogP contribution is 2.19. The van der Waals surface area contributed by atoms with Gasteiger partial charge in [-0.15, -0.1) is 10.2 Å². The van der Waals surface area contributed by atoms with Crippen molar-refractivity contribution in [3.8, 4) is 0 Å². The topological polar surface area (TPSA) is 73.8 Å². The van der Waals surface area contributed by atoms with Crippen molar-refractivity contribution in [1.82, 2.24) is 15.1 Å². The van der Waals surface area contributed by atoms with Crippen molar-refractivity contribution in [2.45, 2.75) is 0 Å². The Kier molecular flexibility index (Phi) is 5.70. The third kappa shape index (κ3) is 4.53. The SMILES string of the molecule is O=C(Nc1ccc(F)cc1F)N1CCN(c2ccc(N3CCOCC3)nn2)CC1. The van der Waals surface area contributed by atoms with Gasteiger partial charge in [0.15, 0.2) is 11.6 Å². The highest BCUT2D eigenvalue weighted by Gasteiger charge is 2.23. The highest BCUT2D eigenvalue weighted by molar-refractivity contribution is 5.89. The Labute approximate surface area is 167 Å². The Morgan fingerprint density at radius 1 is 0.897 bits per heavy atom. The van der Waals surface area contributed by atoms with Crippen LogP contribution in [0, 0.1) is 11.6 Å². The molecule has 0 atom stereocenters. The molecular formula is C19H22F2N6O2. The van der Waals surface area contributed by atoms with Gasteiger partial charge in [0, 0.05) is 45.3 Å². The lowest BCUT2D eigenvalue weighted by Crippen LogP contribution is -2.50. The van der Waals surface area contributed by atoms with Gasteiger partial charge in [0.25, 0.3) is 0 Å². The maximum Gasteiger partial charge on any atom is 0.322 e. The molecule has 2 aliphatic rings. The van der Waals surface area contributed by atoms with E-state index >= 15 is 0 Å². The Hall–Kier alpha value is -3.01.